The van der Waals surface area contributed by atoms with Crippen LogP contribution in [-0.2, 0) is 110 Å². The average Bonchev–Trinajstić information content (AvgIpc) is 1.58. The summed E-state index contributed by atoms with van der Waals surface area (Å²) < 4.78 is 69.3. The molecule has 3 saturated heterocycles. The molecule has 10 amide bonds. The van der Waals surface area contributed by atoms with Crippen LogP contribution in [0.25, 0.3) is 0 Å². The minimum atomic E-state index is -3.91. The third-order valence-electron chi connectivity index (χ3n) is 23.9. The van der Waals surface area contributed by atoms with E-state index in [1.807, 2.05) is 0 Å². The fourth-order valence-electron chi connectivity index (χ4n) is 16.1. The van der Waals surface area contributed by atoms with E-state index < -0.39 is 208 Å². The number of esters is 2. The van der Waals surface area contributed by atoms with Crippen molar-refractivity contribution in [2.24, 2.45) is 34.0 Å². The molecule has 12 rings (SSSR count). The summed E-state index contributed by atoms with van der Waals surface area (Å²) in [5.41, 5.74) is -9.78. The molecular weight excluding hydrogens is 2110 g/mol. The van der Waals surface area contributed by atoms with Crippen molar-refractivity contribution in [1.82, 2.24) is 80.7 Å². The van der Waals surface area contributed by atoms with Crippen LogP contribution in [0.2, 0.25) is 0 Å². The Hall–Kier alpha value is -9.83. The van der Waals surface area contributed by atoms with Crippen molar-refractivity contribution in [3.63, 3.8) is 0 Å². The third-order valence-corrected chi connectivity index (χ3v) is 28.3. The molecule has 9 aliphatic rings. The molecule has 3 aromatic rings. The normalized spacial score (nSPS) is 24.8. The van der Waals surface area contributed by atoms with Gasteiger partial charge in [0.25, 0.3) is 17.0 Å². The summed E-state index contributed by atoms with van der Waals surface area (Å²) >= 11 is 9.83. The summed E-state index contributed by atoms with van der Waals surface area (Å²) in [4.78, 5) is 205. The van der Waals surface area contributed by atoms with E-state index in [1.54, 1.807) is 154 Å². The number of hydrogen-bond donors (Lipinski definition) is 8. The zero-order valence-corrected chi connectivity index (χ0v) is 90.8. The summed E-state index contributed by atoms with van der Waals surface area (Å²) in [6, 6.07) is -6.30. The predicted molar refractivity (Wildman–Crippen MR) is 520 cm³/mol. The van der Waals surface area contributed by atoms with E-state index in [9.17, 15) is 80.3 Å². The topological polar surface area (TPSA) is 522 Å². The number of ether oxygens (including phenoxy) is 7. The molecule has 769 valence electrons. The number of rotatable bonds is 28. The summed E-state index contributed by atoms with van der Waals surface area (Å²) in [6.45, 7) is 48.4. The van der Waals surface area contributed by atoms with E-state index in [2.05, 4.69) is 139 Å². The third kappa shape index (κ3) is 29.7. The van der Waals surface area contributed by atoms with E-state index in [4.69, 9.17) is 38.3 Å². The molecule has 4 saturated carbocycles. The number of likely N-dealkylation sites (tertiary alicyclic amines) is 2. The average molecular weight is 2250 g/mol. The quantitative estimate of drug-likeness (QED) is 0.0112. The molecule has 41 nitrogen and oxygen atoms in total. The van der Waals surface area contributed by atoms with Crippen molar-refractivity contribution < 1.29 is 137 Å². The Morgan fingerprint density at radius 1 is 0.600 bits per heavy atom. The second-order valence-corrected chi connectivity index (χ2v) is 44.5. The summed E-state index contributed by atoms with van der Waals surface area (Å²) in [6.07, 6.45) is 16.4. The number of nitrogens with zero attached hydrogens (tertiary/aromatic N) is 9. The maximum atomic E-state index is 14.3. The van der Waals surface area contributed by atoms with Crippen LogP contribution in [-0.4, -0.2) is 258 Å². The molecule has 140 heavy (non-hydrogen) atoms. The van der Waals surface area contributed by atoms with Gasteiger partial charge in [-0.1, -0.05) is 111 Å². The Bertz CT molecular complexity index is 5480. The number of carbonyl (C=O) groups is 12. The van der Waals surface area contributed by atoms with Gasteiger partial charge in [-0.3, -0.25) is 62.4 Å². The smallest absolute Gasteiger partial charge is 0.408 e. The van der Waals surface area contributed by atoms with E-state index in [0.29, 0.717) is 56.0 Å². The summed E-state index contributed by atoms with van der Waals surface area (Å²) in [5.74, 6) is -6.53. The van der Waals surface area contributed by atoms with Crippen molar-refractivity contribution in [3.8, 4) is 11.5 Å². The molecule has 46 heteroatoms. The Morgan fingerprint density at radius 2 is 1.04 bits per heavy atom. The zero-order valence-electron chi connectivity index (χ0n) is 82.3. The van der Waals surface area contributed by atoms with Crippen molar-refractivity contribution in [1.29, 1.82) is 0 Å². The van der Waals surface area contributed by atoms with Gasteiger partial charge >= 0.3 is 30.2 Å². The molecule has 3 aromatic heterocycles. The molecule has 0 spiro atoms. The number of carbonyl (C=O) groups excluding carboxylic acids is 12. The number of alkyl carbamates (subject to hydrolysis) is 3. The first kappa shape index (κ1) is 117. The van der Waals surface area contributed by atoms with Gasteiger partial charge in [-0.2, -0.15) is 10.2 Å². The number of fused-ring (bicyclic) bond motifs is 11. The van der Waals surface area contributed by atoms with Crippen LogP contribution in [0.3, 0.4) is 0 Å². The second-order valence-electron chi connectivity index (χ2n) is 40.1. The van der Waals surface area contributed by atoms with Crippen LogP contribution in [0.1, 0.15) is 206 Å². The fourth-order valence-corrected chi connectivity index (χ4v) is 18.4. The zero-order chi connectivity index (χ0) is 104. The number of aromatic nitrogens is 6. The van der Waals surface area contributed by atoms with Crippen molar-refractivity contribution in [2.45, 2.75) is 276 Å². The molecule has 0 aromatic carbocycles. The van der Waals surface area contributed by atoms with Crippen molar-refractivity contribution in [2.75, 3.05) is 59.3 Å². The molecule has 15 atom stereocenters. The number of nitrogens with one attached hydrogen (secondary N) is 7. The minimum Gasteiger partial charge on any atom is -0.529 e. The Kier molecular flexibility index (Phi) is 40.6. The first-order valence-corrected chi connectivity index (χ1v) is 49.8. The van der Waals surface area contributed by atoms with Crippen LogP contribution >= 0.6 is 47.8 Å². The van der Waals surface area contributed by atoms with Gasteiger partial charge in [0.2, 0.25) is 45.5 Å². The molecule has 0 unspecified atom stereocenters. The number of sulfonamides is 1. The molecule has 8 heterocycles. The Morgan fingerprint density at radius 3 is 1.46 bits per heavy atom. The summed E-state index contributed by atoms with van der Waals surface area (Å²) in [7, 11) is -3.91. The molecule has 5 aliphatic heterocycles. The molecular formula is C94H132Br3N16O25SY-. The Labute approximate surface area is 865 Å². The largest absolute Gasteiger partial charge is 0.529 e. The fraction of sp³-hybridized carbons (Fsp3) is 0.617. The van der Waals surface area contributed by atoms with E-state index in [1.165, 1.54) is 48.7 Å². The van der Waals surface area contributed by atoms with Gasteiger partial charge in [0.05, 0.1) is 66.7 Å². The summed E-state index contributed by atoms with van der Waals surface area (Å²) in [5, 5.41) is 36.4. The SMILES string of the molecule is C=CCCO.C=CCCOc1cnn([C@@H]2C[C@@H](C(=O)N[C@]3(C(=O)OCC)C[C@H]3C=C)N(C(=O)[C@@H](NC(=O)OC(C)(C)C)C(C)(C)C)C2)c(=O)c1Br.C=C[C@@H]1C[C@]1(NC(=O)[C@@H]1C[C@@H](n2ncc(Br)c(Br)c2=O)CN1C(=O)[C@@H](NC(=O)OC(C)(C)C)C(C)(C)C)C(=O)OCC.C=C[C@@H]1C[C@]1(NC(=O)[C@@H]1C[C@@H]2CN1C(=O)[C@H](C(C)(C)C)NC(=O)OC/C=C/CCOc1[c-]c(=O)n2nc1)C(=O)NS(=O)(=O)C1CC1.[Y]. The molecule has 1 radical (unpaired) electrons. The van der Waals surface area contributed by atoms with Gasteiger partial charge in [-0.25, -0.2) is 41.8 Å². The second kappa shape index (κ2) is 48.5. The van der Waals surface area contributed by atoms with Gasteiger partial charge in [0.15, 0.2) is 11.3 Å². The first-order valence-electron chi connectivity index (χ1n) is 45.9. The number of hydrogen-bond acceptors (Lipinski definition) is 28. The number of aliphatic hydroxyl groups excluding tert-OH is 1. The van der Waals surface area contributed by atoms with E-state index in [0.717, 1.165) is 4.68 Å². The van der Waals surface area contributed by atoms with Gasteiger partial charge < -0.3 is 84.9 Å². The van der Waals surface area contributed by atoms with Crippen molar-refractivity contribution >= 4 is 129 Å². The van der Waals surface area contributed by atoms with Crippen molar-refractivity contribution in [3.05, 3.63) is 145 Å². The molecule has 7 fully saturated rings. The molecule has 4 bridgehead atoms. The predicted octanol–water partition coefficient (Wildman–Crippen LogP) is 8.03. The van der Waals surface area contributed by atoms with Crippen LogP contribution in [0, 0.1) is 40.1 Å². The standard InChI is InChI=1S/C32H46BrN5O8.C30H39N6O9S.C28H39Br2N5O7.C4H8O.Y/c1-10-13-14-45-22-17-34-38(26(40)23(22)33)20-15-21(25(39)36-32(16-19(32)11-2)28(42)44-12-3)37(18-20)27(41)24(30(4,5)6)35-29(43)46-31(7,8)9;1-5-18-15-30(18,27(40)34-46(42,43)21-9-10-21)33-25(38)22-13-19-17-35(22)26(39)24(29(2,3)4)32-28(41)45-12-8-6-7-11-44-20-14-23(37)36(19)31-16-20;1-9-15-12-28(15,24(39)41-10-2)33-21(36)18-11-16(35-22(37)19(30)17(29)13-31-35)14-34(18)23(38)20(26(3,4)5)32-25(40)42-27(6,7)8;1-2-3-4-5;/h10-11,17,19-21,24H,1-2,12-16,18H2,3-9H3,(H,35,43)(H,36,39);5-6,8,16,18-19,21-22,24H,1,7,9-13,15,17H2,2-4H3,(H,32,41)(H,33,38)(H,34,40);9,13,15-16,18,20H,1,10-12,14H2,2-8H3,(H,32,40)(H,33,36);2,5H,1,3-4H2;/q;-1;;;/b;8-6+;;;/t19-,20-,21+,24-,32-;18-,19-,22+,24-,30-;15-,16-,18+,20-,28-;;/m111../s1. The van der Waals surface area contributed by atoms with E-state index >= 15 is 0 Å². The van der Waals surface area contributed by atoms with Crippen LogP contribution in [0.15, 0.2) is 122 Å². The number of aliphatic hydroxyl groups is 1. The van der Waals surface area contributed by atoms with Crippen LogP contribution < -0.4 is 62.8 Å². The maximum absolute atomic E-state index is 14.3. The van der Waals surface area contributed by atoms with Crippen LogP contribution in [0.4, 0.5) is 14.4 Å². The molecule has 8 N–H and O–H groups in total. The molecule has 4 aliphatic carbocycles. The van der Waals surface area contributed by atoms with Gasteiger partial charge in [0.1, 0.15) is 79.6 Å². The number of halogens is 3. The van der Waals surface area contributed by atoms with Gasteiger partial charge in [0, 0.05) is 96.0 Å². The monoisotopic (exact) mass is 2240 g/mol. The maximum Gasteiger partial charge on any atom is 0.408 e. The van der Waals surface area contributed by atoms with Gasteiger partial charge in [-0.05, 0) is 177 Å². The minimum absolute atomic E-state index is 0. The Balaban J connectivity index is 0.000000278. The first-order chi connectivity index (χ1) is 64.8. The van der Waals surface area contributed by atoms with E-state index in [-0.39, 0.29) is 143 Å². The van der Waals surface area contributed by atoms with Crippen LogP contribution in [0.5, 0.6) is 11.5 Å². The van der Waals surface area contributed by atoms with Gasteiger partial charge in [-0.15, -0.1) is 39.0 Å². The number of amides is 10.